The van der Waals surface area contributed by atoms with Gasteiger partial charge in [0, 0.05) is 24.0 Å². The van der Waals surface area contributed by atoms with Crippen LogP contribution in [0, 0.1) is 11.6 Å². The van der Waals surface area contributed by atoms with Crippen molar-refractivity contribution in [2.75, 3.05) is 0 Å². The summed E-state index contributed by atoms with van der Waals surface area (Å²) in [6.07, 6.45) is 0. The van der Waals surface area contributed by atoms with Crippen LogP contribution in [0.2, 0.25) is 0 Å². The number of amides is 1. The summed E-state index contributed by atoms with van der Waals surface area (Å²) in [5, 5.41) is 4.69. The minimum atomic E-state index is -0.567. The lowest BCUT2D eigenvalue weighted by molar-refractivity contribution is 0.0946. The maximum Gasteiger partial charge on any atom is 0.271 e. The van der Waals surface area contributed by atoms with Crippen molar-refractivity contribution in [3.05, 3.63) is 51.5 Å². The first kappa shape index (κ1) is 13.6. The van der Waals surface area contributed by atoms with E-state index in [1.54, 1.807) is 5.38 Å². The number of hydrogen-bond donors (Lipinski definition) is 2. The van der Waals surface area contributed by atoms with Crippen molar-refractivity contribution in [1.82, 2.24) is 10.3 Å². The molecule has 0 fully saturated rings. The van der Waals surface area contributed by atoms with Crippen molar-refractivity contribution >= 4 is 17.2 Å². The predicted molar refractivity (Wildman–Crippen MR) is 67.5 cm³/mol. The second-order valence-corrected chi connectivity index (χ2v) is 4.69. The quantitative estimate of drug-likeness (QED) is 0.899. The van der Waals surface area contributed by atoms with Gasteiger partial charge in [-0.15, -0.1) is 11.3 Å². The van der Waals surface area contributed by atoms with Crippen molar-refractivity contribution < 1.29 is 13.6 Å². The van der Waals surface area contributed by atoms with E-state index in [0.717, 1.165) is 18.2 Å². The molecular weight excluding hydrogens is 272 g/mol. The number of halogens is 2. The lowest BCUT2D eigenvalue weighted by Crippen LogP contribution is -2.23. The van der Waals surface area contributed by atoms with Gasteiger partial charge < -0.3 is 11.1 Å². The van der Waals surface area contributed by atoms with Crippen LogP contribution in [0.5, 0.6) is 0 Å². The third-order valence-corrected chi connectivity index (χ3v) is 3.28. The fraction of sp³-hybridized carbons (Fsp3) is 0.167. The molecule has 2 rings (SSSR count). The molecule has 0 saturated heterocycles. The van der Waals surface area contributed by atoms with E-state index in [1.807, 2.05) is 0 Å². The van der Waals surface area contributed by atoms with Gasteiger partial charge in [0.25, 0.3) is 5.91 Å². The zero-order valence-electron chi connectivity index (χ0n) is 9.82. The number of carbonyl (C=O) groups is 1. The summed E-state index contributed by atoms with van der Waals surface area (Å²) in [6.45, 7) is 0.161. The number of benzene rings is 1. The van der Waals surface area contributed by atoms with Gasteiger partial charge in [-0.3, -0.25) is 4.79 Å². The van der Waals surface area contributed by atoms with Gasteiger partial charge in [-0.05, 0) is 18.2 Å². The standard InChI is InChI=1S/C12H11F2N3OS/c13-8-1-2-9(14)7(3-8)5-16-12(18)10-6-19-11(4-15)17-10/h1-3,6H,4-5,15H2,(H,16,18). The summed E-state index contributed by atoms with van der Waals surface area (Å²) in [6, 6.07) is 3.09. The average Bonchev–Trinajstić information content (AvgIpc) is 2.88. The molecule has 0 aliphatic rings. The summed E-state index contributed by atoms with van der Waals surface area (Å²) in [4.78, 5) is 15.7. The third kappa shape index (κ3) is 3.33. The van der Waals surface area contributed by atoms with Crippen LogP contribution in [-0.4, -0.2) is 10.9 Å². The van der Waals surface area contributed by atoms with E-state index in [9.17, 15) is 13.6 Å². The van der Waals surface area contributed by atoms with E-state index in [2.05, 4.69) is 10.3 Å². The largest absolute Gasteiger partial charge is 0.346 e. The van der Waals surface area contributed by atoms with Crippen LogP contribution in [0.15, 0.2) is 23.6 Å². The third-order valence-electron chi connectivity index (χ3n) is 2.41. The molecule has 4 nitrogen and oxygen atoms in total. The molecule has 0 bridgehead atoms. The fourth-order valence-electron chi connectivity index (χ4n) is 1.45. The molecule has 1 aromatic carbocycles. The highest BCUT2D eigenvalue weighted by Gasteiger charge is 2.11. The Hall–Kier alpha value is -1.86. The van der Waals surface area contributed by atoms with Crippen molar-refractivity contribution in [1.29, 1.82) is 0 Å². The molecule has 0 radical (unpaired) electrons. The minimum Gasteiger partial charge on any atom is -0.346 e. The van der Waals surface area contributed by atoms with Gasteiger partial charge in [-0.1, -0.05) is 0 Å². The summed E-state index contributed by atoms with van der Waals surface area (Å²) >= 11 is 1.27. The molecule has 0 saturated carbocycles. The second-order valence-electron chi connectivity index (χ2n) is 3.75. The summed E-state index contributed by atoms with van der Waals surface area (Å²) in [5.74, 6) is -1.56. The molecule has 0 unspecified atom stereocenters. The molecule has 0 atom stereocenters. The van der Waals surface area contributed by atoms with Gasteiger partial charge in [-0.2, -0.15) is 0 Å². The summed E-state index contributed by atoms with van der Waals surface area (Å²) in [5.41, 5.74) is 5.70. The molecule has 7 heteroatoms. The van der Waals surface area contributed by atoms with Crippen molar-refractivity contribution in [3.63, 3.8) is 0 Å². The average molecular weight is 283 g/mol. The Morgan fingerprint density at radius 1 is 1.42 bits per heavy atom. The number of rotatable bonds is 4. The number of hydrogen-bond acceptors (Lipinski definition) is 4. The highest BCUT2D eigenvalue weighted by atomic mass is 32.1. The first-order chi connectivity index (χ1) is 9.10. The number of thiazole rings is 1. The summed E-state index contributed by atoms with van der Waals surface area (Å²) in [7, 11) is 0. The molecule has 1 amide bonds. The topological polar surface area (TPSA) is 68.0 Å². The van der Waals surface area contributed by atoms with Gasteiger partial charge in [0.15, 0.2) is 0 Å². The van der Waals surface area contributed by atoms with Gasteiger partial charge in [0.05, 0.1) is 0 Å². The smallest absolute Gasteiger partial charge is 0.271 e. The zero-order chi connectivity index (χ0) is 13.8. The molecule has 2 aromatic rings. The lowest BCUT2D eigenvalue weighted by Gasteiger charge is -2.05. The van der Waals surface area contributed by atoms with E-state index >= 15 is 0 Å². The second kappa shape index (κ2) is 5.85. The number of nitrogens with two attached hydrogens (primary N) is 1. The van der Waals surface area contributed by atoms with E-state index in [0.29, 0.717) is 5.01 Å². The maximum atomic E-state index is 13.3. The molecule has 0 spiro atoms. The number of carbonyl (C=O) groups excluding carboxylic acids is 1. The number of aromatic nitrogens is 1. The van der Waals surface area contributed by atoms with Gasteiger partial charge in [0.2, 0.25) is 0 Å². The predicted octanol–water partition coefficient (Wildman–Crippen LogP) is 1.81. The normalized spacial score (nSPS) is 10.5. The Morgan fingerprint density at radius 2 is 2.21 bits per heavy atom. The molecule has 3 N–H and O–H groups in total. The molecule has 1 aromatic heterocycles. The van der Waals surface area contributed by atoms with E-state index in [1.165, 1.54) is 11.3 Å². The molecule has 0 aliphatic heterocycles. The Labute approximate surface area is 112 Å². The minimum absolute atomic E-state index is 0.0858. The van der Waals surface area contributed by atoms with E-state index < -0.39 is 17.5 Å². The maximum absolute atomic E-state index is 13.3. The van der Waals surface area contributed by atoms with E-state index in [-0.39, 0.29) is 24.3 Å². The lowest BCUT2D eigenvalue weighted by atomic mass is 10.2. The van der Waals surface area contributed by atoms with Gasteiger partial charge >= 0.3 is 0 Å². The Kier molecular flexibility index (Phi) is 4.18. The highest BCUT2D eigenvalue weighted by molar-refractivity contribution is 7.09. The van der Waals surface area contributed by atoms with Crippen molar-refractivity contribution in [3.8, 4) is 0 Å². The first-order valence-electron chi connectivity index (χ1n) is 5.46. The zero-order valence-corrected chi connectivity index (χ0v) is 10.6. The van der Waals surface area contributed by atoms with Crippen LogP contribution < -0.4 is 11.1 Å². The Balaban J connectivity index is 2.02. The molecule has 100 valence electrons. The van der Waals surface area contributed by atoms with Gasteiger partial charge in [0.1, 0.15) is 22.3 Å². The molecule has 19 heavy (non-hydrogen) atoms. The SMILES string of the molecule is NCc1nc(C(=O)NCc2cc(F)ccc2F)cs1. The summed E-state index contributed by atoms with van der Waals surface area (Å²) < 4.78 is 26.3. The van der Waals surface area contributed by atoms with Crippen LogP contribution >= 0.6 is 11.3 Å². The molecular formula is C12H11F2N3OS. The van der Waals surface area contributed by atoms with Crippen LogP contribution in [0.25, 0.3) is 0 Å². The van der Waals surface area contributed by atoms with Crippen LogP contribution in [-0.2, 0) is 13.1 Å². The molecule has 0 aliphatic carbocycles. The van der Waals surface area contributed by atoms with Crippen molar-refractivity contribution in [2.45, 2.75) is 13.1 Å². The molecule has 1 heterocycles. The Bertz CT molecular complexity index is 600. The fourth-order valence-corrected chi connectivity index (χ4v) is 2.11. The van der Waals surface area contributed by atoms with Gasteiger partial charge in [-0.25, -0.2) is 13.8 Å². The Morgan fingerprint density at radius 3 is 2.89 bits per heavy atom. The number of nitrogens with one attached hydrogen (secondary N) is 1. The monoisotopic (exact) mass is 283 g/mol. The number of nitrogens with zero attached hydrogens (tertiary/aromatic N) is 1. The van der Waals surface area contributed by atoms with Crippen LogP contribution in [0.4, 0.5) is 8.78 Å². The van der Waals surface area contributed by atoms with Crippen LogP contribution in [0.3, 0.4) is 0 Å². The van der Waals surface area contributed by atoms with E-state index in [4.69, 9.17) is 5.73 Å². The highest BCUT2D eigenvalue weighted by Crippen LogP contribution is 2.11. The van der Waals surface area contributed by atoms with Crippen molar-refractivity contribution in [2.24, 2.45) is 5.73 Å². The first-order valence-corrected chi connectivity index (χ1v) is 6.34. The van der Waals surface area contributed by atoms with Crippen LogP contribution in [0.1, 0.15) is 21.1 Å².